The Bertz CT molecular complexity index is 143. The second-order valence-electron chi connectivity index (χ2n) is 3.07. The summed E-state index contributed by atoms with van der Waals surface area (Å²) in [4.78, 5) is 11.1. The number of ether oxygens (including phenoxy) is 1. The molecule has 2 nitrogen and oxygen atoms in total. The average Bonchev–Trinajstić information content (AvgIpc) is 1.96. The molecule has 0 aromatic heterocycles. The van der Waals surface area contributed by atoms with E-state index >= 15 is 0 Å². The van der Waals surface area contributed by atoms with Crippen molar-refractivity contribution in [1.82, 2.24) is 0 Å². The number of hydrogen-bond acceptors (Lipinski definition) is 3. The Labute approximate surface area is 65.3 Å². The Kier molecular flexibility index (Phi) is 2.24. The second-order valence-corrected chi connectivity index (χ2v) is 4.18. The molecule has 1 saturated heterocycles. The highest BCUT2D eigenvalue weighted by Crippen LogP contribution is 2.25. The van der Waals surface area contributed by atoms with E-state index in [2.05, 4.69) is 0 Å². The van der Waals surface area contributed by atoms with E-state index in [1.807, 2.05) is 13.8 Å². The second kappa shape index (κ2) is 2.82. The summed E-state index contributed by atoms with van der Waals surface area (Å²) < 4.78 is 4.96. The summed E-state index contributed by atoms with van der Waals surface area (Å²) >= 11 is 1.78. The molecule has 0 spiro atoms. The third-order valence-electron chi connectivity index (χ3n) is 1.48. The van der Waals surface area contributed by atoms with E-state index in [1.54, 1.807) is 11.8 Å². The lowest BCUT2D eigenvalue weighted by Crippen LogP contribution is -2.27. The van der Waals surface area contributed by atoms with Crippen LogP contribution in [-0.4, -0.2) is 24.1 Å². The standard InChI is InChI=1S/C7H12O2S/c1-7(2)5-10-4-3-9-6(7)8/h3-5H2,1-2H3. The Morgan fingerprint density at radius 1 is 1.60 bits per heavy atom. The number of hydrogen-bond donors (Lipinski definition) is 0. The summed E-state index contributed by atoms with van der Waals surface area (Å²) in [5.74, 6) is 1.76. The summed E-state index contributed by atoms with van der Waals surface area (Å²) in [5.41, 5.74) is -0.277. The number of esters is 1. The molecule has 0 radical (unpaired) electrons. The van der Waals surface area contributed by atoms with Gasteiger partial charge in [0, 0.05) is 11.5 Å². The first-order valence-corrected chi connectivity index (χ1v) is 4.53. The lowest BCUT2D eigenvalue weighted by atomic mass is 9.97. The molecule has 0 bridgehead atoms. The van der Waals surface area contributed by atoms with Crippen LogP contribution in [0.1, 0.15) is 13.8 Å². The minimum absolute atomic E-state index is 0.0579. The van der Waals surface area contributed by atoms with Gasteiger partial charge in [0.15, 0.2) is 0 Å². The van der Waals surface area contributed by atoms with E-state index in [4.69, 9.17) is 4.74 Å². The van der Waals surface area contributed by atoms with Crippen molar-refractivity contribution in [2.45, 2.75) is 13.8 Å². The van der Waals surface area contributed by atoms with Gasteiger partial charge < -0.3 is 4.74 Å². The van der Waals surface area contributed by atoms with Gasteiger partial charge in [0.05, 0.1) is 5.41 Å². The topological polar surface area (TPSA) is 26.3 Å². The normalized spacial score (nSPS) is 25.2. The van der Waals surface area contributed by atoms with E-state index in [1.165, 1.54) is 0 Å². The van der Waals surface area contributed by atoms with Gasteiger partial charge in [-0.15, -0.1) is 0 Å². The smallest absolute Gasteiger partial charge is 0.312 e. The fourth-order valence-electron chi connectivity index (χ4n) is 0.775. The van der Waals surface area contributed by atoms with Crippen LogP contribution in [0.15, 0.2) is 0 Å². The quantitative estimate of drug-likeness (QED) is 0.500. The van der Waals surface area contributed by atoms with Crippen molar-refractivity contribution in [1.29, 1.82) is 0 Å². The molecule has 0 N–H and O–H groups in total. The van der Waals surface area contributed by atoms with Crippen LogP contribution in [0, 0.1) is 5.41 Å². The molecule has 0 aromatic carbocycles. The molecule has 1 aliphatic heterocycles. The van der Waals surface area contributed by atoms with Crippen molar-refractivity contribution < 1.29 is 9.53 Å². The van der Waals surface area contributed by atoms with Crippen LogP contribution in [0.5, 0.6) is 0 Å². The third kappa shape index (κ3) is 1.66. The molecule has 10 heavy (non-hydrogen) atoms. The highest BCUT2D eigenvalue weighted by Gasteiger charge is 2.30. The first kappa shape index (κ1) is 7.92. The summed E-state index contributed by atoms with van der Waals surface area (Å²) in [5, 5.41) is 0. The highest BCUT2D eigenvalue weighted by molar-refractivity contribution is 7.99. The number of carbonyl (C=O) groups is 1. The van der Waals surface area contributed by atoms with Crippen LogP contribution in [0.4, 0.5) is 0 Å². The fourth-order valence-corrected chi connectivity index (χ4v) is 1.75. The summed E-state index contributed by atoms with van der Waals surface area (Å²) in [6.07, 6.45) is 0. The molecule has 3 heteroatoms. The molecule has 1 rings (SSSR count). The minimum atomic E-state index is -0.277. The van der Waals surface area contributed by atoms with Crippen molar-refractivity contribution in [3.63, 3.8) is 0 Å². The van der Waals surface area contributed by atoms with Gasteiger partial charge in [-0.2, -0.15) is 11.8 Å². The van der Waals surface area contributed by atoms with E-state index in [9.17, 15) is 4.79 Å². The predicted molar refractivity (Wildman–Crippen MR) is 42.1 cm³/mol. The van der Waals surface area contributed by atoms with E-state index in [0.29, 0.717) is 6.61 Å². The molecule has 0 aromatic rings. The lowest BCUT2D eigenvalue weighted by Gasteiger charge is -2.17. The van der Waals surface area contributed by atoms with Crippen LogP contribution < -0.4 is 0 Å². The van der Waals surface area contributed by atoms with E-state index in [-0.39, 0.29) is 11.4 Å². The van der Waals surface area contributed by atoms with E-state index in [0.717, 1.165) is 11.5 Å². The van der Waals surface area contributed by atoms with Gasteiger partial charge in [0.2, 0.25) is 0 Å². The van der Waals surface area contributed by atoms with E-state index < -0.39 is 0 Å². The maximum atomic E-state index is 11.1. The van der Waals surface area contributed by atoms with Crippen LogP contribution in [-0.2, 0) is 9.53 Å². The van der Waals surface area contributed by atoms with Gasteiger partial charge in [0.25, 0.3) is 0 Å². The van der Waals surface area contributed by atoms with Crippen LogP contribution >= 0.6 is 11.8 Å². The third-order valence-corrected chi connectivity index (χ3v) is 2.86. The van der Waals surface area contributed by atoms with Gasteiger partial charge in [-0.1, -0.05) is 0 Å². The molecule has 58 valence electrons. The largest absolute Gasteiger partial charge is 0.464 e. The molecule has 0 amide bonds. The average molecular weight is 160 g/mol. The van der Waals surface area contributed by atoms with Gasteiger partial charge in [0.1, 0.15) is 6.61 Å². The molecule has 0 aliphatic carbocycles. The van der Waals surface area contributed by atoms with Crippen molar-refractivity contribution in [2.24, 2.45) is 5.41 Å². The minimum Gasteiger partial charge on any atom is -0.464 e. The molecule has 0 atom stereocenters. The van der Waals surface area contributed by atoms with Crippen molar-refractivity contribution in [2.75, 3.05) is 18.1 Å². The lowest BCUT2D eigenvalue weighted by molar-refractivity contribution is -0.151. The fraction of sp³-hybridized carbons (Fsp3) is 0.857. The zero-order valence-electron chi connectivity index (χ0n) is 6.35. The van der Waals surface area contributed by atoms with Gasteiger partial charge >= 0.3 is 5.97 Å². The van der Waals surface area contributed by atoms with Gasteiger partial charge in [-0.05, 0) is 13.8 Å². The zero-order valence-corrected chi connectivity index (χ0v) is 7.16. The van der Waals surface area contributed by atoms with Crippen LogP contribution in [0.25, 0.3) is 0 Å². The van der Waals surface area contributed by atoms with Gasteiger partial charge in [-0.25, -0.2) is 0 Å². The zero-order chi connectivity index (χ0) is 7.61. The Hall–Kier alpha value is -0.180. The van der Waals surface area contributed by atoms with Gasteiger partial charge in [-0.3, -0.25) is 4.79 Å². The summed E-state index contributed by atoms with van der Waals surface area (Å²) in [6, 6.07) is 0. The number of carbonyl (C=O) groups excluding carboxylic acids is 1. The predicted octanol–water partition coefficient (Wildman–Crippen LogP) is 1.30. The van der Waals surface area contributed by atoms with Crippen molar-refractivity contribution in [3.05, 3.63) is 0 Å². The maximum absolute atomic E-state index is 11.1. The number of cyclic esters (lactones) is 1. The van der Waals surface area contributed by atoms with Crippen LogP contribution in [0.3, 0.4) is 0 Å². The Morgan fingerprint density at radius 3 is 3.00 bits per heavy atom. The van der Waals surface area contributed by atoms with Crippen molar-refractivity contribution in [3.8, 4) is 0 Å². The highest BCUT2D eigenvalue weighted by atomic mass is 32.2. The Balaban J connectivity index is 2.61. The monoisotopic (exact) mass is 160 g/mol. The Morgan fingerprint density at radius 2 is 2.30 bits per heavy atom. The number of rotatable bonds is 0. The summed E-state index contributed by atoms with van der Waals surface area (Å²) in [7, 11) is 0. The molecule has 1 aliphatic rings. The maximum Gasteiger partial charge on any atom is 0.312 e. The molecule has 0 saturated carbocycles. The number of thioether (sulfide) groups is 1. The molecule has 1 heterocycles. The molecule has 1 fully saturated rings. The first-order chi connectivity index (χ1) is 4.63. The molecular formula is C7H12O2S. The summed E-state index contributed by atoms with van der Waals surface area (Å²) in [6.45, 7) is 4.42. The molecular weight excluding hydrogens is 148 g/mol. The van der Waals surface area contributed by atoms with Crippen LogP contribution in [0.2, 0.25) is 0 Å². The first-order valence-electron chi connectivity index (χ1n) is 3.38. The SMILES string of the molecule is CC1(C)CSCCOC1=O. The van der Waals surface area contributed by atoms with Crippen molar-refractivity contribution >= 4 is 17.7 Å². The molecule has 0 unspecified atom stereocenters.